The summed E-state index contributed by atoms with van der Waals surface area (Å²) in [4.78, 5) is 18.0. The zero-order chi connectivity index (χ0) is 30.8. The van der Waals surface area contributed by atoms with Crippen molar-refractivity contribution in [2.45, 2.75) is 50.6 Å². The van der Waals surface area contributed by atoms with Gasteiger partial charge in [0.1, 0.15) is 23.6 Å². The normalized spacial score (nSPS) is 19.9. The first-order chi connectivity index (χ1) is 22.1. The number of hydrogen-bond acceptors (Lipinski definition) is 8. The van der Waals surface area contributed by atoms with Crippen molar-refractivity contribution >= 4 is 27.8 Å². The third-order valence-electron chi connectivity index (χ3n) is 9.80. The number of fused-ring (bicyclic) bond motifs is 2. The maximum atomic E-state index is 6.49. The van der Waals surface area contributed by atoms with E-state index in [1.165, 1.54) is 12.8 Å². The molecule has 1 aliphatic heterocycles. The van der Waals surface area contributed by atoms with Crippen molar-refractivity contribution in [2.24, 2.45) is 0 Å². The van der Waals surface area contributed by atoms with Gasteiger partial charge >= 0.3 is 0 Å². The lowest BCUT2D eigenvalue weighted by Gasteiger charge is -2.42. The van der Waals surface area contributed by atoms with E-state index in [0.29, 0.717) is 17.9 Å². The molecule has 5 aromatic rings. The summed E-state index contributed by atoms with van der Waals surface area (Å²) in [5.74, 6) is 1.37. The highest BCUT2D eigenvalue weighted by molar-refractivity contribution is 6.00. The Kier molecular flexibility index (Phi) is 8.69. The molecule has 7 rings (SSSR count). The molecule has 0 unspecified atom stereocenters. The number of nitrogen functional groups attached to an aromatic ring is 1. The summed E-state index contributed by atoms with van der Waals surface area (Å²) >= 11 is 0. The molecule has 2 aliphatic rings. The Labute approximate surface area is 264 Å². The minimum Gasteiger partial charge on any atom is -0.496 e. The van der Waals surface area contributed by atoms with E-state index in [1.807, 2.05) is 18.2 Å². The number of ether oxygens (including phenoxy) is 2. The largest absolute Gasteiger partial charge is 0.496 e. The van der Waals surface area contributed by atoms with Gasteiger partial charge in [0.05, 0.1) is 18.5 Å². The molecule has 10 nitrogen and oxygen atoms in total. The standard InChI is InChI=1S/C35H44N8O2/c1-44-19-5-14-41-15-17-42(18-16-41)28-10-12-29(13-11-28)43-35-32(34(36)37-23-38-35)33(40-43)26-9-8-24-20-27(39-30(24)22-26)21-25-6-3-4-7-31(25)45-2/h3-4,6-9,20,22-23,28-29,39H,5,10-19,21H2,1-2H3,(H2,36,37,38)/t28-,29-. The lowest BCUT2D eigenvalue weighted by atomic mass is 9.90. The van der Waals surface area contributed by atoms with Gasteiger partial charge in [-0.25, -0.2) is 14.6 Å². The highest BCUT2D eigenvalue weighted by atomic mass is 16.5. The predicted molar refractivity (Wildman–Crippen MR) is 179 cm³/mol. The Balaban J connectivity index is 1.08. The zero-order valence-electron chi connectivity index (χ0n) is 26.4. The van der Waals surface area contributed by atoms with E-state index in [9.17, 15) is 0 Å². The summed E-state index contributed by atoms with van der Waals surface area (Å²) in [5, 5.41) is 7.20. The van der Waals surface area contributed by atoms with Crippen LogP contribution in [0.15, 0.2) is 54.9 Å². The molecule has 236 valence electrons. The number of H-pyrrole nitrogens is 1. The van der Waals surface area contributed by atoms with Crippen LogP contribution in [-0.2, 0) is 11.2 Å². The SMILES string of the molecule is COCCCN1CCN([C@H]2CC[C@H](n3nc(-c4ccc5cc(Cc6ccccc6OC)[nH]c5c4)c4c(N)ncnc43)CC2)CC1. The van der Waals surface area contributed by atoms with Gasteiger partial charge in [-0.15, -0.1) is 0 Å². The number of methoxy groups -OCH3 is 2. The second-order valence-corrected chi connectivity index (χ2v) is 12.5. The fourth-order valence-electron chi connectivity index (χ4n) is 7.39. The van der Waals surface area contributed by atoms with Crippen LogP contribution >= 0.6 is 0 Å². The fraction of sp³-hybridized carbons (Fsp3) is 0.457. The number of nitrogens with one attached hydrogen (secondary N) is 1. The van der Waals surface area contributed by atoms with E-state index >= 15 is 0 Å². The third-order valence-corrected chi connectivity index (χ3v) is 9.80. The van der Waals surface area contributed by atoms with Gasteiger partial charge in [-0.3, -0.25) is 4.90 Å². The zero-order valence-corrected chi connectivity index (χ0v) is 26.4. The summed E-state index contributed by atoms with van der Waals surface area (Å²) < 4.78 is 12.9. The first kappa shape index (κ1) is 29.7. The van der Waals surface area contributed by atoms with Gasteiger partial charge in [-0.05, 0) is 61.3 Å². The van der Waals surface area contributed by atoms with Gasteiger partial charge in [0.2, 0.25) is 0 Å². The molecule has 3 aromatic heterocycles. The molecule has 45 heavy (non-hydrogen) atoms. The minimum atomic E-state index is 0.295. The predicted octanol–water partition coefficient (Wildman–Crippen LogP) is 5.29. The van der Waals surface area contributed by atoms with Gasteiger partial charge in [-0.1, -0.05) is 30.3 Å². The van der Waals surface area contributed by atoms with Gasteiger partial charge in [-0.2, -0.15) is 5.10 Å². The Hall–Kier alpha value is -3.99. The maximum Gasteiger partial charge on any atom is 0.164 e. The van der Waals surface area contributed by atoms with E-state index in [-0.39, 0.29) is 0 Å². The molecule has 0 spiro atoms. The number of hydrogen-bond donors (Lipinski definition) is 2. The number of benzene rings is 2. The third kappa shape index (κ3) is 6.14. The highest BCUT2D eigenvalue weighted by Gasteiger charge is 2.31. The van der Waals surface area contributed by atoms with Crippen LogP contribution in [0.4, 0.5) is 5.82 Å². The van der Waals surface area contributed by atoms with Gasteiger partial charge in [0.15, 0.2) is 5.65 Å². The second-order valence-electron chi connectivity index (χ2n) is 12.5. The van der Waals surface area contributed by atoms with Crippen LogP contribution in [0.25, 0.3) is 33.2 Å². The Morgan fingerprint density at radius 2 is 1.73 bits per heavy atom. The summed E-state index contributed by atoms with van der Waals surface area (Å²) in [5.41, 5.74) is 12.5. The van der Waals surface area contributed by atoms with Gasteiger partial charge < -0.3 is 25.1 Å². The Morgan fingerprint density at radius 1 is 0.933 bits per heavy atom. The van der Waals surface area contributed by atoms with Crippen LogP contribution in [0.1, 0.15) is 49.4 Å². The number of para-hydroxylation sites is 1. The van der Waals surface area contributed by atoms with Crippen molar-refractivity contribution in [1.82, 2.24) is 34.5 Å². The molecular formula is C35H44N8O2. The number of nitrogens with two attached hydrogens (primary N) is 1. The lowest BCUT2D eigenvalue weighted by molar-refractivity contribution is 0.0662. The first-order valence-electron chi connectivity index (χ1n) is 16.3. The molecular weight excluding hydrogens is 564 g/mol. The molecule has 0 bridgehead atoms. The molecule has 2 fully saturated rings. The molecule has 1 aliphatic carbocycles. The summed E-state index contributed by atoms with van der Waals surface area (Å²) in [6, 6.07) is 17.8. The molecule has 10 heteroatoms. The first-order valence-corrected chi connectivity index (χ1v) is 16.3. The van der Waals surface area contributed by atoms with E-state index in [2.05, 4.69) is 54.8 Å². The number of aromatic nitrogens is 5. The topological polar surface area (TPSA) is 110 Å². The summed E-state index contributed by atoms with van der Waals surface area (Å²) in [6.07, 6.45) is 7.96. The molecule has 3 N–H and O–H groups in total. The molecule has 2 aromatic carbocycles. The van der Waals surface area contributed by atoms with E-state index in [4.69, 9.17) is 25.3 Å². The molecule has 0 radical (unpaired) electrons. The van der Waals surface area contributed by atoms with E-state index in [1.54, 1.807) is 20.5 Å². The van der Waals surface area contributed by atoms with Crippen LogP contribution in [0.3, 0.4) is 0 Å². The van der Waals surface area contributed by atoms with Crippen LogP contribution in [0.2, 0.25) is 0 Å². The highest BCUT2D eigenvalue weighted by Crippen LogP contribution is 2.38. The van der Waals surface area contributed by atoms with Crippen molar-refractivity contribution in [1.29, 1.82) is 0 Å². The summed E-state index contributed by atoms with van der Waals surface area (Å²) in [7, 11) is 3.50. The number of piperazine rings is 1. The number of aromatic amines is 1. The monoisotopic (exact) mass is 608 g/mol. The van der Waals surface area contributed by atoms with Crippen LogP contribution in [-0.4, -0.2) is 94.1 Å². The van der Waals surface area contributed by atoms with Crippen molar-refractivity contribution in [2.75, 3.05) is 59.3 Å². The lowest BCUT2D eigenvalue weighted by Crippen LogP contribution is -2.51. The number of nitrogens with zero attached hydrogens (tertiary/aromatic N) is 6. The van der Waals surface area contributed by atoms with Crippen molar-refractivity contribution in [3.05, 3.63) is 66.1 Å². The van der Waals surface area contributed by atoms with E-state index in [0.717, 1.165) is 115 Å². The van der Waals surface area contributed by atoms with Gasteiger partial charge in [0, 0.05) is 75.7 Å². The smallest absolute Gasteiger partial charge is 0.164 e. The average molecular weight is 609 g/mol. The van der Waals surface area contributed by atoms with Crippen molar-refractivity contribution in [3.63, 3.8) is 0 Å². The van der Waals surface area contributed by atoms with Crippen LogP contribution in [0, 0.1) is 0 Å². The number of rotatable bonds is 10. The Bertz CT molecular complexity index is 1750. The van der Waals surface area contributed by atoms with Crippen molar-refractivity contribution in [3.8, 4) is 17.0 Å². The van der Waals surface area contributed by atoms with E-state index < -0.39 is 0 Å². The Morgan fingerprint density at radius 3 is 2.53 bits per heavy atom. The summed E-state index contributed by atoms with van der Waals surface area (Å²) in [6.45, 7) is 6.59. The quantitative estimate of drug-likeness (QED) is 0.206. The van der Waals surface area contributed by atoms with Crippen molar-refractivity contribution < 1.29 is 9.47 Å². The minimum absolute atomic E-state index is 0.295. The van der Waals surface area contributed by atoms with Crippen LogP contribution in [0.5, 0.6) is 5.75 Å². The van der Waals surface area contributed by atoms with Crippen LogP contribution < -0.4 is 10.5 Å². The second kappa shape index (κ2) is 13.2. The molecule has 4 heterocycles. The maximum absolute atomic E-state index is 6.49. The fourth-order valence-corrected chi connectivity index (χ4v) is 7.39. The molecule has 0 atom stereocenters. The molecule has 0 amide bonds. The molecule has 1 saturated heterocycles. The number of anilines is 1. The average Bonchev–Trinajstić information content (AvgIpc) is 3.67. The molecule has 1 saturated carbocycles. The van der Waals surface area contributed by atoms with Gasteiger partial charge in [0.25, 0.3) is 0 Å².